The predicted octanol–water partition coefficient (Wildman–Crippen LogP) is 1.54. The summed E-state index contributed by atoms with van der Waals surface area (Å²) in [6, 6.07) is -0.0254. The average Bonchev–Trinajstić information content (AvgIpc) is 2.39. The maximum absolute atomic E-state index is 11.0. The molecular formula is C13H28N2O2. The van der Waals surface area contributed by atoms with Crippen molar-refractivity contribution in [1.29, 1.82) is 0 Å². The number of hydrogen-bond acceptors (Lipinski definition) is 3. The summed E-state index contributed by atoms with van der Waals surface area (Å²) in [7, 11) is 0. The van der Waals surface area contributed by atoms with E-state index in [1.54, 1.807) is 0 Å². The Kier molecular flexibility index (Phi) is 25.5. The second-order valence-corrected chi connectivity index (χ2v) is 2.91. The van der Waals surface area contributed by atoms with Gasteiger partial charge in [0.1, 0.15) is 0 Å². The van der Waals surface area contributed by atoms with Crippen molar-refractivity contribution >= 4 is 5.91 Å². The molecule has 0 aromatic rings. The molecular weight excluding hydrogens is 216 g/mol. The predicted molar refractivity (Wildman–Crippen MR) is 73.6 cm³/mol. The maximum atomic E-state index is 11.0. The molecule has 0 aromatic carbocycles. The van der Waals surface area contributed by atoms with Gasteiger partial charge in [-0.25, -0.2) is 0 Å². The van der Waals surface area contributed by atoms with Crippen LogP contribution in [0, 0.1) is 12.8 Å². The number of ether oxygens (including phenoxy) is 1. The smallest absolute Gasteiger partial charge is 0.220 e. The van der Waals surface area contributed by atoms with Gasteiger partial charge < -0.3 is 15.8 Å². The fourth-order valence-electron chi connectivity index (χ4n) is 0.955. The van der Waals surface area contributed by atoms with Gasteiger partial charge >= 0.3 is 0 Å². The largest absolute Gasteiger partial charge is 0.380 e. The molecule has 0 bridgehead atoms. The summed E-state index contributed by atoms with van der Waals surface area (Å²) >= 11 is 0. The van der Waals surface area contributed by atoms with E-state index in [-0.39, 0.29) is 11.9 Å². The van der Waals surface area contributed by atoms with Crippen LogP contribution in [0.15, 0.2) is 0 Å². The molecule has 0 heterocycles. The monoisotopic (exact) mass is 244 g/mol. The number of amides is 1. The third-order valence-electron chi connectivity index (χ3n) is 1.65. The zero-order chi connectivity index (χ0) is 14.1. The van der Waals surface area contributed by atoms with E-state index in [2.05, 4.69) is 18.2 Å². The molecule has 0 unspecified atom stereocenters. The molecule has 4 nitrogen and oxygen atoms in total. The van der Waals surface area contributed by atoms with Crippen LogP contribution in [0.3, 0.4) is 0 Å². The molecule has 0 aliphatic carbocycles. The Morgan fingerprint density at radius 3 is 2.29 bits per heavy atom. The van der Waals surface area contributed by atoms with Crippen molar-refractivity contribution < 1.29 is 9.53 Å². The highest BCUT2D eigenvalue weighted by molar-refractivity contribution is 5.75. The molecule has 0 radical (unpaired) electrons. The molecule has 0 aromatic heterocycles. The van der Waals surface area contributed by atoms with E-state index >= 15 is 0 Å². The lowest BCUT2D eigenvalue weighted by Crippen LogP contribution is -2.30. The summed E-state index contributed by atoms with van der Waals surface area (Å²) in [5.41, 5.74) is 5.70. The fourth-order valence-corrected chi connectivity index (χ4v) is 0.955. The van der Waals surface area contributed by atoms with Crippen molar-refractivity contribution in [1.82, 2.24) is 5.32 Å². The molecule has 1 amide bonds. The lowest BCUT2D eigenvalue weighted by atomic mass is 10.2. The van der Waals surface area contributed by atoms with Gasteiger partial charge in [-0.1, -0.05) is 13.8 Å². The SMILES string of the molecule is C#C.CC.CCNC(=O)CC[C@@H](N)COCC. The van der Waals surface area contributed by atoms with Crippen LogP contribution in [0.25, 0.3) is 0 Å². The molecule has 0 saturated heterocycles. The standard InChI is InChI=1S/C9H20N2O2.C2H6.C2H2/c1-3-11-9(12)6-5-8(10)7-13-4-2;2*1-2/h8H,3-7,10H2,1-2H3,(H,11,12);1-2H3;1-2H/t8-;;/m1../s1. The zero-order valence-corrected chi connectivity index (χ0v) is 11.7. The Balaban J connectivity index is -0.000000439. The molecule has 3 N–H and O–H groups in total. The first-order valence-corrected chi connectivity index (χ1v) is 6.14. The zero-order valence-electron chi connectivity index (χ0n) is 11.7. The molecule has 1 atom stereocenters. The Morgan fingerprint density at radius 1 is 1.35 bits per heavy atom. The Morgan fingerprint density at radius 2 is 1.88 bits per heavy atom. The van der Waals surface area contributed by atoms with E-state index in [4.69, 9.17) is 10.5 Å². The molecule has 0 saturated carbocycles. The van der Waals surface area contributed by atoms with Gasteiger partial charge in [-0.3, -0.25) is 4.79 Å². The molecule has 0 aliphatic rings. The lowest BCUT2D eigenvalue weighted by molar-refractivity contribution is -0.121. The summed E-state index contributed by atoms with van der Waals surface area (Å²) in [5.74, 6) is 0.0643. The van der Waals surface area contributed by atoms with Crippen LogP contribution < -0.4 is 11.1 Å². The van der Waals surface area contributed by atoms with Crippen molar-refractivity contribution in [2.45, 2.75) is 46.6 Å². The number of hydrogen-bond donors (Lipinski definition) is 2. The Bertz CT molecular complexity index is 170. The van der Waals surface area contributed by atoms with Crippen LogP contribution in [0.4, 0.5) is 0 Å². The maximum Gasteiger partial charge on any atom is 0.220 e. The second-order valence-electron chi connectivity index (χ2n) is 2.91. The number of carbonyl (C=O) groups is 1. The molecule has 0 spiro atoms. The van der Waals surface area contributed by atoms with Gasteiger partial charge in [-0.15, -0.1) is 12.8 Å². The van der Waals surface area contributed by atoms with Crippen LogP contribution in [0.1, 0.15) is 40.5 Å². The molecule has 0 rings (SSSR count). The van der Waals surface area contributed by atoms with Gasteiger partial charge in [0.25, 0.3) is 0 Å². The van der Waals surface area contributed by atoms with E-state index < -0.39 is 0 Å². The fraction of sp³-hybridized carbons (Fsp3) is 0.769. The van der Waals surface area contributed by atoms with Gasteiger partial charge in [0.15, 0.2) is 0 Å². The summed E-state index contributed by atoms with van der Waals surface area (Å²) in [6.45, 7) is 9.72. The highest BCUT2D eigenvalue weighted by atomic mass is 16.5. The topological polar surface area (TPSA) is 64.4 Å². The van der Waals surface area contributed by atoms with Crippen LogP contribution in [-0.4, -0.2) is 31.7 Å². The van der Waals surface area contributed by atoms with Crippen LogP contribution in [-0.2, 0) is 9.53 Å². The van der Waals surface area contributed by atoms with Gasteiger partial charge in [0, 0.05) is 25.6 Å². The van der Waals surface area contributed by atoms with E-state index in [1.807, 2.05) is 27.7 Å². The second kappa shape index (κ2) is 20.4. The Labute approximate surface area is 106 Å². The number of rotatable bonds is 7. The van der Waals surface area contributed by atoms with Gasteiger partial charge in [0.2, 0.25) is 5.91 Å². The van der Waals surface area contributed by atoms with Gasteiger partial charge in [-0.2, -0.15) is 0 Å². The molecule has 0 fully saturated rings. The van der Waals surface area contributed by atoms with E-state index in [1.165, 1.54) is 0 Å². The normalized spacial score (nSPS) is 10.1. The van der Waals surface area contributed by atoms with E-state index in [0.717, 1.165) is 0 Å². The van der Waals surface area contributed by atoms with Crippen LogP contribution in [0.2, 0.25) is 0 Å². The average molecular weight is 244 g/mol. The summed E-state index contributed by atoms with van der Waals surface area (Å²) in [6.07, 6.45) is 9.17. The van der Waals surface area contributed by atoms with E-state index in [9.17, 15) is 4.79 Å². The minimum atomic E-state index is -0.0254. The number of carbonyl (C=O) groups excluding carboxylic acids is 1. The van der Waals surface area contributed by atoms with Crippen molar-refractivity contribution in [3.05, 3.63) is 0 Å². The molecule has 0 aliphatic heterocycles. The van der Waals surface area contributed by atoms with Crippen LogP contribution in [0.5, 0.6) is 0 Å². The number of nitrogens with two attached hydrogens (primary N) is 1. The third kappa shape index (κ3) is 20.9. The van der Waals surface area contributed by atoms with Gasteiger partial charge in [-0.05, 0) is 20.3 Å². The number of nitrogens with one attached hydrogen (secondary N) is 1. The number of terminal acetylenes is 1. The van der Waals surface area contributed by atoms with Crippen molar-refractivity contribution in [3.8, 4) is 12.8 Å². The van der Waals surface area contributed by atoms with Crippen molar-refractivity contribution in [3.63, 3.8) is 0 Å². The van der Waals surface area contributed by atoms with Crippen molar-refractivity contribution in [2.24, 2.45) is 5.73 Å². The summed E-state index contributed by atoms with van der Waals surface area (Å²) in [4.78, 5) is 11.0. The molecule has 17 heavy (non-hydrogen) atoms. The Hall–Kier alpha value is -1.05. The minimum Gasteiger partial charge on any atom is -0.380 e. The highest BCUT2D eigenvalue weighted by Gasteiger charge is 2.05. The first kappa shape index (κ1) is 21.3. The van der Waals surface area contributed by atoms with Crippen molar-refractivity contribution in [2.75, 3.05) is 19.8 Å². The van der Waals surface area contributed by atoms with Gasteiger partial charge in [0.05, 0.1) is 6.61 Å². The summed E-state index contributed by atoms with van der Waals surface area (Å²) in [5, 5.41) is 2.72. The lowest BCUT2D eigenvalue weighted by Gasteiger charge is -2.10. The first-order chi connectivity index (χ1) is 8.20. The molecule has 102 valence electrons. The quantitative estimate of drug-likeness (QED) is 0.668. The molecule has 4 heteroatoms. The highest BCUT2D eigenvalue weighted by Crippen LogP contribution is 1.95. The minimum absolute atomic E-state index is 0.0254. The first-order valence-electron chi connectivity index (χ1n) is 6.14. The third-order valence-corrected chi connectivity index (χ3v) is 1.65. The van der Waals surface area contributed by atoms with Crippen LogP contribution >= 0.6 is 0 Å². The summed E-state index contributed by atoms with van der Waals surface area (Å²) < 4.78 is 5.13. The van der Waals surface area contributed by atoms with E-state index in [0.29, 0.717) is 32.6 Å².